The fourth-order valence-corrected chi connectivity index (χ4v) is 2.02. The van der Waals surface area contributed by atoms with Gasteiger partial charge in [-0.2, -0.15) is 0 Å². The predicted octanol–water partition coefficient (Wildman–Crippen LogP) is 1.77. The number of hydrogen-bond donors (Lipinski definition) is 0. The van der Waals surface area contributed by atoms with Crippen LogP contribution in [0.15, 0.2) is 36.8 Å². The van der Waals surface area contributed by atoms with Gasteiger partial charge in [0.25, 0.3) is 5.91 Å². The van der Waals surface area contributed by atoms with Crippen LogP contribution in [0.1, 0.15) is 21.6 Å². The van der Waals surface area contributed by atoms with Crippen molar-refractivity contribution < 1.29 is 9.18 Å². The van der Waals surface area contributed by atoms with Gasteiger partial charge in [0.2, 0.25) is 0 Å². The van der Waals surface area contributed by atoms with Gasteiger partial charge in [0.1, 0.15) is 12.1 Å². The molecule has 0 radical (unpaired) electrons. The highest BCUT2D eigenvalue weighted by Crippen LogP contribution is 2.21. The molecule has 1 aromatic carbocycles. The molecule has 90 valence electrons. The van der Waals surface area contributed by atoms with Crippen LogP contribution in [0.25, 0.3) is 0 Å². The van der Waals surface area contributed by atoms with Crippen LogP contribution in [0.4, 0.5) is 4.39 Å². The van der Waals surface area contributed by atoms with Gasteiger partial charge >= 0.3 is 0 Å². The molecule has 0 fully saturated rings. The second-order valence-corrected chi connectivity index (χ2v) is 4.16. The molecule has 2 aromatic rings. The molecular formula is C13H10FN3O. The lowest BCUT2D eigenvalue weighted by Crippen LogP contribution is -2.25. The number of hydrogen-bond acceptors (Lipinski definition) is 3. The summed E-state index contributed by atoms with van der Waals surface area (Å²) in [6.07, 6.45) is 3.20. The van der Waals surface area contributed by atoms with Gasteiger partial charge in [-0.25, -0.2) is 14.4 Å². The third-order valence-corrected chi connectivity index (χ3v) is 2.96. The number of fused-ring (bicyclic) bond motifs is 1. The smallest absolute Gasteiger partial charge is 0.254 e. The first-order valence-electron chi connectivity index (χ1n) is 5.56. The van der Waals surface area contributed by atoms with E-state index in [1.807, 2.05) is 0 Å². The molecule has 4 nitrogen and oxygen atoms in total. The van der Waals surface area contributed by atoms with Crippen molar-refractivity contribution in [2.75, 3.05) is 0 Å². The normalized spacial score (nSPS) is 13.5. The monoisotopic (exact) mass is 243 g/mol. The minimum Gasteiger partial charge on any atom is -0.328 e. The average Bonchev–Trinajstić information content (AvgIpc) is 2.82. The van der Waals surface area contributed by atoms with Crippen LogP contribution in [0.3, 0.4) is 0 Å². The molecule has 1 amide bonds. The van der Waals surface area contributed by atoms with Crippen LogP contribution in [-0.4, -0.2) is 20.8 Å². The van der Waals surface area contributed by atoms with E-state index in [9.17, 15) is 9.18 Å². The van der Waals surface area contributed by atoms with E-state index in [0.29, 0.717) is 18.7 Å². The van der Waals surface area contributed by atoms with Crippen LogP contribution in [0.5, 0.6) is 0 Å². The Kier molecular flexibility index (Phi) is 2.51. The highest BCUT2D eigenvalue weighted by atomic mass is 19.1. The highest BCUT2D eigenvalue weighted by molar-refractivity contribution is 5.94. The minimum atomic E-state index is -0.345. The number of aromatic nitrogens is 2. The largest absolute Gasteiger partial charge is 0.328 e. The molecule has 0 bridgehead atoms. The predicted molar refractivity (Wildman–Crippen MR) is 62.0 cm³/mol. The van der Waals surface area contributed by atoms with Crippen LogP contribution in [-0.2, 0) is 13.1 Å². The van der Waals surface area contributed by atoms with E-state index < -0.39 is 0 Å². The second-order valence-electron chi connectivity index (χ2n) is 4.16. The standard InChI is InChI=1S/C13H10FN3O/c14-11-3-1-9(2-4-11)13(18)17-6-10-5-15-8-16-12(10)7-17/h1-5,8H,6-7H2. The third kappa shape index (κ3) is 1.84. The van der Waals surface area contributed by atoms with Gasteiger partial charge in [0.05, 0.1) is 12.2 Å². The first-order chi connectivity index (χ1) is 8.74. The fourth-order valence-electron chi connectivity index (χ4n) is 2.02. The van der Waals surface area contributed by atoms with E-state index in [2.05, 4.69) is 9.97 Å². The summed E-state index contributed by atoms with van der Waals surface area (Å²) in [6, 6.07) is 5.56. The molecule has 1 aliphatic rings. The van der Waals surface area contributed by atoms with Gasteiger partial charge in [-0.15, -0.1) is 0 Å². The second kappa shape index (κ2) is 4.18. The third-order valence-electron chi connectivity index (χ3n) is 2.96. The Balaban J connectivity index is 1.82. The van der Waals surface area contributed by atoms with Crippen LogP contribution in [0.2, 0.25) is 0 Å². The number of rotatable bonds is 1. The number of nitrogens with zero attached hydrogens (tertiary/aromatic N) is 3. The molecule has 0 atom stereocenters. The van der Waals surface area contributed by atoms with E-state index in [1.165, 1.54) is 30.6 Å². The first kappa shape index (κ1) is 10.8. The summed E-state index contributed by atoms with van der Waals surface area (Å²) in [4.78, 5) is 21.9. The molecule has 2 heterocycles. The quantitative estimate of drug-likeness (QED) is 0.766. The van der Waals surface area contributed by atoms with Crippen molar-refractivity contribution in [3.05, 3.63) is 59.4 Å². The van der Waals surface area contributed by atoms with Gasteiger partial charge in [0, 0.05) is 23.9 Å². The summed E-state index contributed by atoms with van der Waals surface area (Å²) < 4.78 is 12.8. The summed E-state index contributed by atoms with van der Waals surface area (Å²) in [7, 11) is 0. The number of carbonyl (C=O) groups excluding carboxylic acids is 1. The maximum atomic E-state index is 12.8. The van der Waals surface area contributed by atoms with Crippen molar-refractivity contribution in [3.8, 4) is 0 Å². The van der Waals surface area contributed by atoms with E-state index in [1.54, 1.807) is 11.1 Å². The van der Waals surface area contributed by atoms with Crippen molar-refractivity contribution in [2.45, 2.75) is 13.1 Å². The van der Waals surface area contributed by atoms with Crippen LogP contribution < -0.4 is 0 Å². The molecule has 0 N–H and O–H groups in total. The maximum absolute atomic E-state index is 12.8. The fraction of sp³-hybridized carbons (Fsp3) is 0.154. The zero-order valence-corrected chi connectivity index (χ0v) is 9.51. The number of benzene rings is 1. The molecule has 0 aliphatic carbocycles. The topological polar surface area (TPSA) is 46.1 Å². The van der Waals surface area contributed by atoms with Crippen LogP contribution in [0, 0.1) is 5.82 Å². The molecular weight excluding hydrogens is 233 g/mol. The number of amides is 1. The lowest BCUT2D eigenvalue weighted by molar-refractivity contribution is 0.0750. The first-order valence-corrected chi connectivity index (χ1v) is 5.56. The lowest BCUT2D eigenvalue weighted by Gasteiger charge is -2.14. The Bertz CT molecular complexity index is 572. The molecule has 3 rings (SSSR count). The number of carbonyl (C=O) groups is 1. The molecule has 18 heavy (non-hydrogen) atoms. The average molecular weight is 243 g/mol. The van der Waals surface area contributed by atoms with Gasteiger partial charge in [-0.1, -0.05) is 0 Å². The van der Waals surface area contributed by atoms with Gasteiger partial charge in [-0.05, 0) is 24.3 Å². The minimum absolute atomic E-state index is 0.118. The molecule has 0 spiro atoms. The van der Waals surface area contributed by atoms with Crippen molar-refractivity contribution in [1.82, 2.24) is 14.9 Å². The van der Waals surface area contributed by atoms with Crippen molar-refractivity contribution in [2.24, 2.45) is 0 Å². The summed E-state index contributed by atoms with van der Waals surface area (Å²) in [5.74, 6) is -0.463. The zero-order valence-electron chi connectivity index (χ0n) is 9.51. The van der Waals surface area contributed by atoms with Crippen LogP contribution >= 0.6 is 0 Å². The molecule has 1 aromatic heterocycles. The highest BCUT2D eigenvalue weighted by Gasteiger charge is 2.25. The summed E-state index contributed by atoms with van der Waals surface area (Å²) >= 11 is 0. The molecule has 0 saturated heterocycles. The van der Waals surface area contributed by atoms with Crippen molar-refractivity contribution >= 4 is 5.91 Å². The van der Waals surface area contributed by atoms with E-state index >= 15 is 0 Å². The van der Waals surface area contributed by atoms with Gasteiger partial charge in [-0.3, -0.25) is 4.79 Å². The Hall–Kier alpha value is -2.30. The zero-order chi connectivity index (χ0) is 12.5. The van der Waals surface area contributed by atoms with E-state index in [0.717, 1.165) is 11.3 Å². The summed E-state index contributed by atoms with van der Waals surface area (Å²) in [6.45, 7) is 0.987. The van der Waals surface area contributed by atoms with E-state index in [-0.39, 0.29) is 11.7 Å². The van der Waals surface area contributed by atoms with E-state index in [4.69, 9.17) is 0 Å². The number of halogens is 1. The SMILES string of the molecule is O=C(c1ccc(F)cc1)N1Cc2cncnc2C1. The van der Waals surface area contributed by atoms with Gasteiger partial charge < -0.3 is 4.90 Å². The Morgan fingerprint density at radius 3 is 2.72 bits per heavy atom. The molecule has 0 unspecified atom stereocenters. The molecule has 0 saturated carbocycles. The Labute approximate surface area is 103 Å². The Morgan fingerprint density at radius 1 is 1.22 bits per heavy atom. The maximum Gasteiger partial charge on any atom is 0.254 e. The molecule has 5 heteroatoms. The van der Waals surface area contributed by atoms with Crippen molar-refractivity contribution in [3.63, 3.8) is 0 Å². The lowest BCUT2D eigenvalue weighted by atomic mass is 10.2. The Morgan fingerprint density at radius 2 is 2.00 bits per heavy atom. The van der Waals surface area contributed by atoms with Gasteiger partial charge in [0.15, 0.2) is 0 Å². The summed E-state index contributed by atoms with van der Waals surface area (Å²) in [5, 5.41) is 0. The molecule has 1 aliphatic heterocycles. The summed E-state index contributed by atoms with van der Waals surface area (Å²) in [5.41, 5.74) is 2.32. The van der Waals surface area contributed by atoms with Crippen molar-refractivity contribution in [1.29, 1.82) is 0 Å².